The van der Waals surface area contributed by atoms with Crippen LogP contribution < -0.4 is 4.74 Å². The molecule has 2 atom stereocenters. The van der Waals surface area contributed by atoms with Gasteiger partial charge in [-0.15, -0.1) is 11.3 Å². The van der Waals surface area contributed by atoms with Gasteiger partial charge in [0, 0.05) is 57.6 Å². The zero-order valence-corrected chi connectivity index (χ0v) is 17.8. The number of likely N-dealkylation sites (tertiary alicyclic amines) is 1. The van der Waals surface area contributed by atoms with E-state index in [4.69, 9.17) is 9.47 Å². The molecule has 1 amide bonds. The number of carbonyl (C=O) groups excluding carboxylic acids is 1. The van der Waals surface area contributed by atoms with Crippen LogP contribution in [0.1, 0.15) is 23.3 Å². The van der Waals surface area contributed by atoms with E-state index in [2.05, 4.69) is 34.5 Å². The number of nitrogens with zero attached hydrogens (tertiary/aromatic N) is 2. The zero-order valence-electron chi connectivity index (χ0n) is 17.0. The lowest BCUT2D eigenvalue weighted by atomic mass is 9.88. The van der Waals surface area contributed by atoms with Gasteiger partial charge in [-0.25, -0.2) is 0 Å². The molecule has 3 rings (SSSR count). The van der Waals surface area contributed by atoms with Crippen molar-refractivity contribution in [3.63, 3.8) is 0 Å². The molecule has 1 fully saturated rings. The molecule has 1 saturated heterocycles. The van der Waals surface area contributed by atoms with Crippen LogP contribution in [-0.2, 0) is 16.1 Å². The highest BCUT2D eigenvalue weighted by molar-refractivity contribution is 7.09. The van der Waals surface area contributed by atoms with Crippen molar-refractivity contribution in [2.24, 2.45) is 5.92 Å². The lowest BCUT2D eigenvalue weighted by Gasteiger charge is -2.28. The maximum absolute atomic E-state index is 12.2. The summed E-state index contributed by atoms with van der Waals surface area (Å²) in [5.74, 6) is 1.73. The standard InChI is InChI=1S/C22H30N2O3S/c1-17(25)24(10-11-26-2)14-18-13-23(15-19-7-6-12-28-19)16-21(18)20-8-4-5-9-22(20)27-3/h4-9,12,18,21H,10-11,13-16H2,1-3H3. The van der Waals surface area contributed by atoms with E-state index in [1.165, 1.54) is 10.4 Å². The van der Waals surface area contributed by atoms with Crippen molar-refractivity contribution in [3.05, 3.63) is 52.2 Å². The quantitative estimate of drug-likeness (QED) is 0.644. The minimum atomic E-state index is 0.104. The van der Waals surface area contributed by atoms with Crippen molar-refractivity contribution in [3.8, 4) is 5.75 Å². The molecule has 2 heterocycles. The number of amides is 1. The third-order valence-electron chi connectivity index (χ3n) is 5.48. The molecule has 0 spiro atoms. The molecule has 0 saturated carbocycles. The molecule has 6 heteroatoms. The molecule has 1 aliphatic heterocycles. The van der Waals surface area contributed by atoms with Gasteiger partial charge < -0.3 is 14.4 Å². The van der Waals surface area contributed by atoms with E-state index in [0.29, 0.717) is 25.0 Å². The summed E-state index contributed by atoms with van der Waals surface area (Å²) in [4.78, 5) is 18.0. The Labute approximate surface area is 171 Å². The van der Waals surface area contributed by atoms with E-state index in [1.807, 2.05) is 17.0 Å². The van der Waals surface area contributed by atoms with Gasteiger partial charge in [0.25, 0.3) is 0 Å². The Hall–Kier alpha value is -1.89. The van der Waals surface area contributed by atoms with Crippen LogP contribution in [0, 0.1) is 5.92 Å². The van der Waals surface area contributed by atoms with Crippen LogP contribution in [0.2, 0.25) is 0 Å². The fourth-order valence-corrected chi connectivity index (χ4v) is 4.83. The van der Waals surface area contributed by atoms with E-state index in [9.17, 15) is 4.79 Å². The summed E-state index contributed by atoms with van der Waals surface area (Å²) in [5, 5.41) is 2.13. The van der Waals surface area contributed by atoms with Gasteiger partial charge in [0.2, 0.25) is 5.91 Å². The minimum Gasteiger partial charge on any atom is -0.496 e. The molecule has 2 aromatic rings. The molecule has 152 valence electrons. The maximum atomic E-state index is 12.2. The minimum absolute atomic E-state index is 0.104. The van der Waals surface area contributed by atoms with Crippen molar-refractivity contribution < 1.29 is 14.3 Å². The Kier molecular flexibility index (Phi) is 7.48. The summed E-state index contributed by atoms with van der Waals surface area (Å²) in [7, 11) is 3.40. The molecule has 1 aromatic carbocycles. The second-order valence-electron chi connectivity index (χ2n) is 7.34. The first-order valence-electron chi connectivity index (χ1n) is 9.74. The van der Waals surface area contributed by atoms with Crippen molar-refractivity contribution in [1.82, 2.24) is 9.80 Å². The van der Waals surface area contributed by atoms with Crippen LogP contribution in [0.4, 0.5) is 0 Å². The van der Waals surface area contributed by atoms with E-state index in [0.717, 1.165) is 31.9 Å². The number of benzene rings is 1. The molecular formula is C22H30N2O3S. The first kappa shape index (κ1) is 20.8. The molecule has 0 N–H and O–H groups in total. The average molecular weight is 403 g/mol. The molecule has 1 aromatic heterocycles. The monoisotopic (exact) mass is 402 g/mol. The van der Waals surface area contributed by atoms with Crippen LogP contribution >= 0.6 is 11.3 Å². The second kappa shape index (κ2) is 10.0. The molecule has 2 unspecified atom stereocenters. The Morgan fingerprint density at radius 2 is 2.04 bits per heavy atom. The Morgan fingerprint density at radius 3 is 2.71 bits per heavy atom. The number of rotatable bonds is 9. The van der Waals surface area contributed by atoms with Gasteiger partial charge in [0.05, 0.1) is 13.7 Å². The fraction of sp³-hybridized carbons (Fsp3) is 0.500. The Bertz CT molecular complexity index is 750. The summed E-state index contributed by atoms with van der Waals surface area (Å²) in [5.41, 5.74) is 1.24. The number of methoxy groups -OCH3 is 2. The highest BCUT2D eigenvalue weighted by Crippen LogP contribution is 2.38. The number of hydrogen-bond donors (Lipinski definition) is 0. The SMILES string of the molecule is COCCN(CC1CN(Cc2cccs2)CC1c1ccccc1OC)C(C)=O. The third-order valence-corrected chi connectivity index (χ3v) is 6.34. The number of carbonyl (C=O) groups is 1. The summed E-state index contributed by atoms with van der Waals surface area (Å²) in [6.45, 7) is 6.47. The lowest BCUT2D eigenvalue weighted by Crippen LogP contribution is -2.38. The van der Waals surface area contributed by atoms with Crippen LogP contribution in [0.15, 0.2) is 41.8 Å². The summed E-state index contributed by atoms with van der Waals surface area (Å²) < 4.78 is 10.9. The predicted octanol–water partition coefficient (Wildman–Crippen LogP) is 3.47. The first-order chi connectivity index (χ1) is 13.6. The maximum Gasteiger partial charge on any atom is 0.219 e. The van der Waals surface area contributed by atoms with Gasteiger partial charge in [0.15, 0.2) is 0 Å². The first-order valence-corrected chi connectivity index (χ1v) is 10.6. The average Bonchev–Trinajstić information content (AvgIpc) is 3.35. The molecule has 1 aliphatic rings. The third kappa shape index (κ3) is 5.13. The highest BCUT2D eigenvalue weighted by atomic mass is 32.1. The largest absolute Gasteiger partial charge is 0.496 e. The van der Waals surface area contributed by atoms with Crippen molar-refractivity contribution in [1.29, 1.82) is 0 Å². The van der Waals surface area contributed by atoms with Crippen LogP contribution in [0.25, 0.3) is 0 Å². The smallest absolute Gasteiger partial charge is 0.219 e. The van der Waals surface area contributed by atoms with E-state index in [1.54, 1.807) is 32.5 Å². The van der Waals surface area contributed by atoms with Gasteiger partial charge in [0.1, 0.15) is 5.75 Å². The van der Waals surface area contributed by atoms with E-state index >= 15 is 0 Å². The molecule has 5 nitrogen and oxygen atoms in total. The molecule has 0 bridgehead atoms. The Morgan fingerprint density at radius 1 is 1.21 bits per heavy atom. The zero-order chi connectivity index (χ0) is 19.9. The van der Waals surface area contributed by atoms with Crippen LogP contribution in [-0.4, -0.2) is 62.7 Å². The van der Waals surface area contributed by atoms with E-state index in [-0.39, 0.29) is 5.91 Å². The van der Waals surface area contributed by atoms with Gasteiger partial charge in [-0.1, -0.05) is 24.3 Å². The summed E-state index contributed by atoms with van der Waals surface area (Å²) >= 11 is 1.80. The number of para-hydroxylation sites is 1. The molecule has 0 radical (unpaired) electrons. The summed E-state index contributed by atoms with van der Waals surface area (Å²) in [6.07, 6.45) is 0. The van der Waals surface area contributed by atoms with Gasteiger partial charge >= 0.3 is 0 Å². The second-order valence-corrected chi connectivity index (χ2v) is 8.37. The number of ether oxygens (including phenoxy) is 2. The van der Waals surface area contributed by atoms with Gasteiger partial charge in [-0.2, -0.15) is 0 Å². The van der Waals surface area contributed by atoms with Crippen LogP contribution in [0.3, 0.4) is 0 Å². The van der Waals surface area contributed by atoms with Crippen LogP contribution in [0.5, 0.6) is 5.75 Å². The molecule has 0 aliphatic carbocycles. The van der Waals surface area contributed by atoms with Gasteiger partial charge in [-0.05, 0) is 29.0 Å². The Balaban J connectivity index is 1.81. The predicted molar refractivity (Wildman–Crippen MR) is 113 cm³/mol. The van der Waals surface area contributed by atoms with Gasteiger partial charge in [-0.3, -0.25) is 9.69 Å². The summed E-state index contributed by atoms with van der Waals surface area (Å²) in [6, 6.07) is 12.6. The molecular weight excluding hydrogens is 372 g/mol. The van der Waals surface area contributed by atoms with Crippen molar-refractivity contribution in [2.75, 3.05) is 47.0 Å². The van der Waals surface area contributed by atoms with Crippen molar-refractivity contribution >= 4 is 17.2 Å². The molecule has 28 heavy (non-hydrogen) atoms. The van der Waals surface area contributed by atoms with Crippen molar-refractivity contribution in [2.45, 2.75) is 19.4 Å². The normalized spacial score (nSPS) is 19.7. The number of thiophene rings is 1. The highest BCUT2D eigenvalue weighted by Gasteiger charge is 2.36. The fourth-order valence-electron chi connectivity index (χ4n) is 4.08. The topological polar surface area (TPSA) is 42.0 Å². The number of hydrogen-bond acceptors (Lipinski definition) is 5. The lowest BCUT2D eigenvalue weighted by molar-refractivity contribution is -0.130. The van der Waals surface area contributed by atoms with E-state index < -0.39 is 0 Å².